The third kappa shape index (κ3) is 4.19. The molecule has 1 aromatic heterocycles. The van der Waals surface area contributed by atoms with E-state index in [1.54, 1.807) is 18.2 Å². The van der Waals surface area contributed by atoms with Gasteiger partial charge in [0, 0.05) is 30.1 Å². The molecule has 0 aliphatic carbocycles. The van der Waals surface area contributed by atoms with E-state index in [1.165, 1.54) is 6.20 Å². The first-order valence-corrected chi connectivity index (χ1v) is 8.95. The summed E-state index contributed by atoms with van der Waals surface area (Å²) >= 11 is 6.30. The number of unbranched alkanes of at least 4 members (excludes halogenated alkanes) is 2. The lowest BCUT2D eigenvalue weighted by atomic mass is 10.0. The first-order chi connectivity index (χ1) is 12.6. The van der Waals surface area contributed by atoms with Crippen molar-refractivity contribution in [1.29, 1.82) is 0 Å². The summed E-state index contributed by atoms with van der Waals surface area (Å²) in [5.41, 5.74) is 0.714. The Hall–Kier alpha value is -2.47. The molecular weight excluding hydrogens is 358 g/mol. The first kappa shape index (κ1) is 18.3. The van der Waals surface area contributed by atoms with Gasteiger partial charge in [0.2, 0.25) is 6.79 Å². The van der Waals surface area contributed by atoms with Crippen molar-refractivity contribution >= 4 is 17.6 Å². The molecule has 0 radical (unpaired) electrons. The zero-order valence-electron chi connectivity index (χ0n) is 14.5. The van der Waals surface area contributed by atoms with Crippen LogP contribution in [0.3, 0.4) is 0 Å². The second kappa shape index (κ2) is 8.27. The summed E-state index contributed by atoms with van der Waals surface area (Å²) in [5.74, 6) is 1.06. The van der Waals surface area contributed by atoms with Crippen molar-refractivity contribution in [3.8, 4) is 17.2 Å². The maximum absolute atomic E-state index is 12.3. The van der Waals surface area contributed by atoms with Crippen LogP contribution < -0.4 is 19.8 Å². The van der Waals surface area contributed by atoms with Gasteiger partial charge in [0.05, 0.1) is 5.56 Å². The highest BCUT2D eigenvalue weighted by atomic mass is 35.5. The number of carbonyl (C=O) groups excluding carboxylic acids is 1. The maximum atomic E-state index is 12.3. The van der Waals surface area contributed by atoms with Crippen LogP contribution in [0.5, 0.6) is 17.2 Å². The molecule has 2 heterocycles. The molecule has 0 spiro atoms. The Morgan fingerprint density at radius 2 is 2.04 bits per heavy atom. The van der Waals surface area contributed by atoms with E-state index >= 15 is 0 Å². The lowest BCUT2D eigenvalue weighted by Gasteiger charge is -2.11. The fourth-order valence-corrected chi connectivity index (χ4v) is 2.95. The van der Waals surface area contributed by atoms with Gasteiger partial charge in [0.15, 0.2) is 11.5 Å². The summed E-state index contributed by atoms with van der Waals surface area (Å²) in [7, 11) is 0. The number of hydrogen-bond acceptors (Lipinski definition) is 5. The van der Waals surface area contributed by atoms with Crippen molar-refractivity contribution in [1.82, 2.24) is 4.98 Å². The Bertz CT molecular complexity index is 861. The highest BCUT2D eigenvalue weighted by Gasteiger charge is 2.19. The molecule has 0 bridgehead atoms. The Morgan fingerprint density at radius 1 is 1.27 bits per heavy atom. The molecule has 1 N–H and O–H groups in total. The number of hydrogen-bond donors (Lipinski definition) is 1. The highest BCUT2D eigenvalue weighted by Crippen LogP contribution is 2.37. The first-order valence-electron chi connectivity index (χ1n) is 8.57. The van der Waals surface area contributed by atoms with Gasteiger partial charge in [-0.25, -0.2) is 0 Å². The number of carbonyl (C=O) groups is 1. The number of nitrogens with one attached hydrogen (secondary N) is 1. The average Bonchev–Trinajstić information content (AvgIpc) is 3.05. The normalized spacial score (nSPS) is 12.2. The lowest BCUT2D eigenvalue weighted by molar-refractivity contribution is -0.134. The van der Waals surface area contributed by atoms with Crippen molar-refractivity contribution in [3.05, 3.63) is 50.9 Å². The Balaban J connectivity index is 1.82. The van der Waals surface area contributed by atoms with E-state index in [4.69, 9.17) is 25.8 Å². The van der Waals surface area contributed by atoms with Gasteiger partial charge in [-0.1, -0.05) is 31.4 Å². The molecule has 0 fully saturated rings. The number of ether oxygens (including phenoxy) is 3. The number of rotatable bonds is 7. The number of fused-ring (bicyclic) bond motifs is 1. The third-order valence-corrected chi connectivity index (χ3v) is 4.49. The largest absolute Gasteiger partial charge is 0.454 e. The molecule has 0 atom stereocenters. The van der Waals surface area contributed by atoms with E-state index in [1.807, 2.05) is 0 Å². The fourth-order valence-electron chi connectivity index (χ4n) is 2.73. The molecule has 2 aromatic rings. The van der Waals surface area contributed by atoms with E-state index in [2.05, 4.69) is 11.9 Å². The highest BCUT2D eigenvalue weighted by molar-refractivity contribution is 6.31. The number of aromatic nitrogens is 1. The monoisotopic (exact) mass is 377 g/mol. The Labute approximate surface area is 156 Å². The molecule has 0 unspecified atom stereocenters. The molecule has 26 heavy (non-hydrogen) atoms. The van der Waals surface area contributed by atoms with Crippen molar-refractivity contribution in [2.45, 2.75) is 39.0 Å². The molecule has 3 rings (SSSR count). The van der Waals surface area contributed by atoms with Crippen LogP contribution in [0.4, 0.5) is 0 Å². The quantitative estimate of drug-likeness (QED) is 0.586. The van der Waals surface area contributed by atoms with Gasteiger partial charge in [-0.05, 0) is 24.1 Å². The van der Waals surface area contributed by atoms with Crippen molar-refractivity contribution in [2.24, 2.45) is 0 Å². The maximum Gasteiger partial charge on any atom is 0.311 e. The summed E-state index contributed by atoms with van der Waals surface area (Å²) in [5, 5.41) is 0.456. The van der Waals surface area contributed by atoms with Crippen LogP contribution in [0.25, 0.3) is 0 Å². The predicted octanol–water partition coefficient (Wildman–Crippen LogP) is 3.83. The smallest absolute Gasteiger partial charge is 0.311 e. The predicted molar refractivity (Wildman–Crippen MR) is 97.2 cm³/mol. The van der Waals surface area contributed by atoms with Crippen LogP contribution in [-0.2, 0) is 11.2 Å². The SMILES string of the molecule is CCCCCC(=O)Oc1cc[nH]c(=O)c1Cc1cc2c(cc1Cl)OCO2. The molecule has 1 aliphatic heterocycles. The molecule has 0 amide bonds. The minimum absolute atomic E-state index is 0.141. The molecule has 138 valence electrons. The summed E-state index contributed by atoms with van der Waals surface area (Å²) in [4.78, 5) is 26.9. The summed E-state index contributed by atoms with van der Waals surface area (Å²) in [6.07, 6.45) is 4.74. The number of aromatic amines is 1. The van der Waals surface area contributed by atoms with Gasteiger partial charge in [-0.2, -0.15) is 0 Å². The molecule has 0 saturated carbocycles. The number of benzene rings is 1. The van der Waals surface area contributed by atoms with Crippen molar-refractivity contribution in [2.75, 3.05) is 6.79 Å². The topological polar surface area (TPSA) is 77.6 Å². The fraction of sp³-hybridized carbons (Fsp3) is 0.368. The number of H-pyrrole nitrogens is 1. The van der Waals surface area contributed by atoms with E-state index < -0.39 is 0 Å². The number of esters is 1. The minimum Gasteiger partial charge on any atom is -0.454 e. The van der Waals surface area contributed by atoms with E-state index in [0.29, 0.717) is 34.1 Å². The molecule has 1 aliphatic rings. The van der Waals surface area contributed by atoms with Gasteiger partial charge < -0.3 is 19.2 Å². The van der Waals surface area contributed by atoms with Gasteiger partial charge in [-0.3, -0.25) is 9.59 Å². The van der Waals surface area contributed by atoms with E-state index in [0.717, 1.165) is 19.3 Å². The summed E-state index contributed by atoms with van der Waals surface area (Å²) in [6.45, 7) is 2.21. The van der Waals surface area contributed by atoms with Crippen molar-refractivity contribution < 1.29 is 19.0 Å². The second-order valence-electron chi connectivity index (χ2n) is 6.05. The van der Waals surface area contributed by atoms with E-state index in [9.17, 15) is 9.59 Å². The van der Waals surface area contributed by atoms with E-state index in [-0.39, 0.29) is 30.5 Å². The van der Waals surface area contributed by atoms with Crippen LogP contribution in [0.2, 0.25) is 5.02 Å². The van der Waals surface area contributed by atoms with Gasteiger partial charge >= 0.3 is 5.97 Å². The Kier molecular flexibility index (Phi) is 5.83. The van der Waals surface area contributed by atoms with Crippen LogP contribution in [0, 0.1) is 0 Å². The molecular formula is C19H20ClNO5. The zero-order valence-corrected chi connectivity index (χ0v) is 15.2. The third-order valence-electron chi connectivity index (χ3n) is 4.14. The lowest BCUT2D eigenvalue weighted by Crippen LogP contribution is -2.17. The zero-order chi connectivity index (χ0) is 18.5. The average molecular weight is 378 g/mol. The number of pyridine rings is 1. The molecule has 7 heteroatoms. The second-order valence-corrected chi connectivity index (χ2v) is 6.46. The molecule has 6 nitrogen and oxygen atoms in total. The molecule has 1 aromatic carbocycles. The van der Waals surface area contributed by atoms with Gasteiger partial charge in [0.25, 0.3) is 5.56 Å². The summed E-state index contributed by atoms with van der Waals surface area (Å²) < 4.78 is 16.1. The summed E-state index contributed by atoms with van der Waals surface area (Å²) in [6, 6.07) is 4.98. The minimum atomic E-state index is -0.345. The van der Waals surface area contributed by atoms with Crippen LogP contribution in [0.1, 0.15) is 43.7 Å². The van der Waals surface area contributed by atoms with Crippen LogP contribution >= 0.6 is 11.6 Å². The Morgan fingerprint density at radius 3 is 2.81 bits per heavy atom. The van der Waals surface area contributed by atoms with Crippen LogP contribution in [-0.4, -0.2) is 17.7 Å². The number of halogens is 1. The standard InChI is InChI=1S/C19H20ClNO5/c1-2-3-4-5-18(22)26-15-6-7-21-19(23)13(15)8-12-9-16-17(10-14(12)20)25-11-24-16/h6-7,9-10H,2-5,8,11H2,1H3,(H,21,23). The van der Waals surface area contributed by atoms with Crippen LogP contribution in [0.15, 0.2) is 29.2 Å². The van der Waals surface area contributed by atoms with Gasteiger partial charge in [-0.15, -0.1) is 0 Å². The van der Waals surface area contributed by atoms with Gasteiger partial charge in [0.1, 0.15) is 5.75 Å². The van der Waals surface area contributed by atoms with Crippen molar-refractivity contribution in [3.63, 3.8) is 0 Å². The molecule has 0 saturated heterocycles.